The SMILES string of the molecule is O=C(c1cc2c(s1)-c1ccccc1OC2)N1CCN(C(=O)C2CCCC2)CC1. The summed E-state index contributed by atoms with van der Waals surface area (Å²) in [7, 11) is 0. The van der Waals surface area contributed by atoms with E-state index in [1.807, 2.05) is 40.1 Å². The van der Waals surface area contributed by atoms with Gasteiger partial charge >= 0.3 is 0 Å². The van der Waals surface area contributed by atoms with Crippen LogP contribution < -0.4 is 4.74 Å². The van der Waals surface area contributed by atoms with Crippen LogP contribution in [0, 0.1) is 5.92 Å². The predicted octanol–water partition coefficient (Wildman–Crippen LogP) is 3.78. The minimum atomic E-state index is 0.0739. The van der Waals surface area contributed by atoms with Gasteiger partial charge in [-0.25, -0.2) is 0 Å². The molecular formula is C22H24N2O3S. The number of piperazine rings is 1. The largest absolute Gasteiger partial charge is 0.488 e. The average Bonchev–Trinajstić information content (AvgIpc) is 3.43. The number of nitrogens with zero attached hydrogens (tertiary/aromatic N) is 2. The first-order valence-electron chi connectivity index (χ1n) is 10.1. The molecule has 5 nitrogen and oxygen atoms in total. The molecule has 146 valence electrons. The third kappa shape index (κ3) is 3.09. The second-order valence-electron chi connectivity index (χ2n) is 7.85. The summed E-state index contributed by atoms with van der Waals surface area (Å²) < 4.78 is 5.82. The molecule has 5 rings (SSSR count). The summed E-state index contributed by atoms with van der Waals surface area (Å²) in [6.45, 7) is 3.05. The number of rotatable bonds is 2. The van der Waals surface area contributed by atoms with Gasteiger partial charge in [-0.15, -0.1) is 11.3 Å². The van der Waals surface area contributed by atoms with Gasteiger partial charge in [0, 0.05) is 48.1 Å². The maximum absolute atomic E-state index is 13.1. The Labute approximate surface area is 168 Å². The van der Waals surface area contributed by atoms with E-state index >= 15 is 0 Å². The molecule has 2 aromatic rings. The van der Waals surface area contributed by atoms with Gasteiger partial charge in [-0.2, -0.15) is 0 Å². The fourth-order valence-electron chi connectivity index (χ4n) is 4.52. The molecule has 2 fully saturated rings. The molecule has 0 N–H and O–H groups in total. The summed E-state index contributed by atoms with van der Waals surface area (Å²) >= 11 is 1.56. The highest BCUT2D eigenvalue weighted by atomic mass is 32.1. The predicted molar refractivity (Wildman–Crippen MR) is 109 cm³/mol. The Morgan fingerprint density at radius 3 is 2.50 bits per heavy atom. The van der Waals surface area contributed by atoms with Crippen molar-refractivity contribution in [1.29, 1.82) is 0 Å². The van der Waals surface area contributed by atoms with Crippen LogP contribution in [0.25, 0.3) is 10.4 Å². The third-order valence-corrected chi connectivity index (χ3v) is 7.32. The zero-order valence-electron chi connectivity index (χ0n) is 15.9. The summed E-state index contributed by atoms with van der Waals surface area (Å²) in [6, 6.07) is 9.97. The fraction of sp³-hybridized carbons (Fsp3) is 0.455. The molecule has 3 heterocycles. The van der Waals surface area contributed by atoms with E-state index in [1.54, 1.807) is 11.3 Å². The smallest absolute Gasteiger partial charge is 0.264 e. The van der Waals surface area contributed by atoms with Crippen molar-refractivity contribution in [3.05, 3.63) is 40.8 Å². The highest BCUT2D eigenvalue weighted by Gasteiger charge is 2.31. The molecule has 1 saturated carbocycles. The fourth-order valence-corrected chi connectivity index (χ4v) is 5.69. The van der Waals surface area contributed by atoms with Crippen molar-refractivity contribution in [2.24, 2.45) is 5.92 Å². The van der Waals surface area contributed by atoms with Crippen molar-refractivity contribution >= 4 is 23.2 Å². The molecule has 2 aliphatic heterocycles. The second kappa shape index (κ2) is 7.24. The number of carbonyl (C=O) groups is 2. The summed E-state index contributed by atoms with van der Waals surface area (Å²) in [5.41, 5.74) is 2.15. The van der Waals surface area contributed by atoms with Crippen molar-refractivity contribution in [1.82, 2.24) is 9.80 Å². The van der Waals surface area contributed by atoms with Crippen LogP contribution in [-0.2, 0) is 11.4 Å². The number of carbonyl (C=O) groups excluding carboxylic acids is 2. The van der Waals surface area contributed by atoms with Crippen molar-refractivity contribution in [2.75, 3.05) is 26.2 Å². The molecule has 2 amide bonds. The molecule has 0 spiro atoms. The van der Waals surface area contributed by atoms with Crippen LogP contribution in [0.3, 0.4) is 0 Å². The molecular weight excluding hydrogens is 372 g/mol. The van der Waals surface area contributed by atoms with Crippen LogP contribution in [0.2, 0.25) is 0 Å². The Hall–Kier alpha value is -2.34. The Morgan fingerprint density at radius 1 is 1.00 bits per heavy atom. The van der Waals surface area contributed by atoms with Gasteiger partial charge in [-0.05, 0) is 31.0 Å². The minimum absolute atomic E-state index is 0.0739. The molecule has 28 heavy (non-hydrogen) atoms. The van der Waals surface area contributed by atoms with Crippen LogP contribution in [0.4, 0.5) is 0 Å². The van der Waals surface area contributed by atoms with E-state index in [0.717, 1.165) is 39.5 Å². The van der Waals surface area contributed by atoms with Crippen LogP contribution in [0.1, 0.15) is 40.9 Å². The van der Waals surface area contributed by atoms with Gasteiger partial charge in [0.25, 0.3) is 5.91 Å². The zero-order valence-corrected chi connectivity index (χ0v) is 16.7. The average molecular weight is 397 g/mol. The number of amides is 2. The van der Waals surface area contributed by atoms with E-state index in [9.17, 15) is 9.59 Å². The quantitative estimate of drug-likeness (QED) is 0.776. The molecule has 1 saturated heterocycles. The number of hydrogen-bond donors (Lipinski definition) is 0. The summed E-state index contributed by atoms with van der Waals surface area (Å²) in [6.07, 6.45) is 4.40. The van der Waals surface area contributed by atoms with Crippen LogP contribution in [-0.4, -0.2) is 47.8 Å². The topological polar surface area (TPSA) is 49.9 Å². The third-order valence-electron chi connectivity index (χ3n) is 6.12. The van der Waals surface area contributed by atoms with Gasteiger partial charge in [0.05, 0.1) is 4.88 Å². The van der Waals surface area contributed by atoms with Gasteiger partial charge in [-0.3, -0.25) is 9.59 Å². The van der Waals surface area contributed by atoms with Gasteiger partial charge in [-0.1, -0.05) is 25.0 Å². The minimum Gasteiger partial charge on any atom is -0.488 e. The van der Waals surface area contributed by atoms with Gasteiger partial charge < -0.3 is 14.5 Å². The molecule has 1 aromatic heterocycles. The molecule has 6 heteroatoms. The summed E-state index contributed by atoms with van der Waals surface area (Å²) in [4.78, 5) is 31.4. The number of benzene rings is 1. The highest BCUT2D eigenvalue weighted by Crippen LogP contribution is 2.42. The van der Waals surface area contributed by atoms with Gasteiger partial charge in [0.1, 0.15) is 12.4 Å². The van der Waals surface area contributed by atoms with E-state index < -0.39 is 0 Å². The van der Waals surface area contributed by atoms with Crippen LogP contribution in [0.5, 0.6) is 5.75 Å². The number of ether oxygens (including phenoxy) is 1. The molecule has 0 atom stereocenters. The zero-order chi connectivity index (χ0) is 19.1. The normalized spacial score (nSPS) is 19.1. The number of fused-ring (bicyclic) bond motifs is 3. The molecule has 0 unspecified atom stereocenters. The summed E-state index contributed by atoms with van der Waals surface area (Å²) in [5.74, 6) is 1.47. The Bertz CT molecular complexity index is 908. The van der Waals surface area contributed by atoms with E-state index in [2.05, 4.69) is 0 Å². The van der Waals surface area contributed by atoms with E-state index in [0.29, 0.717) is 38.7 Å². The second-order valence-corrected chi connectivity index (χ2v) is 8.90. The first kappa shape index (κ1) is 17.7. The van der Waals surface area contributed by atoms with Crippen molar-refractivity contribution in [2.45, 2.75) is 32.3 Å². The monoisotopic (exact) mass is 396 g/mol. The number of para-hydroxylation sites is 1. The van der Waals surface area contributed by atoms with E-state index in [4.69, 9.17) is 4.74 Å². The molecule has 1 aliphatic carbocycles. The molecule has 0 radical (unpaired) electrons. The first-order valence-corrected chi connectivity index (χ1v) is 11.0. The lowest BCUT2D eigenvalue weighted by Gasteiger charge is -2.35. The lowest BCUT2D eigenvalue weighted by molar-refractivity contribution is -0.136. The molecule has 1 aromatic carbocycles. The Kier molecular flexibility index (Phi) is 4.59. The van der Waals surface area contributed by atoms with Crippen molar-refractivity contribution in [3.8, 4) is 16.2 Å². The molecule has 3 aliphatic rings. The standard InChI is InChI=1S/C22H24N2O3S/c25-21(15-5-1-2-6-15)23-9-11-24(12-10-23)22(26)19-13-16-14-27-18-8-4-3-7-17(18)20(16)28-19/h3-4,7-8,13,15H,1-2,5-6,9-12,14H2. The highest BCUT2D eigenvalue weighted by molar-refractivity contribution is 7.17. The summed E-state index contributed by atoms with van der Waals surface area (Å²) in [5, 5.41) is 0. The van der Waals surface area contributed by atoms with Gasteiger partial charge in [0.2, 0.25) is 5.91 Å². The number of thiophene rings is 1. The van der Waals surface area contributed by atoms with E-state index in [-0.39, 0.29) is 11.8 Å². The van der Waals surface area contributed by atoms with Crippen molar-refractivity contribution < 1.29 is 14.3 Å². The van der Waals surface area contributed by atoms with Crippen LogP contribution >= 0.6 is 11.3 Å². The lowest BCUT2D eigenvalue weighted by atomic mass is 10.1. The van der Waals surface area contributed by atoms with Crippen molar-refractivity contribution in [3.63, 3.8) is 0 Å². The Morgan fingerprint density at radius 2 is 1.71 bits per heavy atom. The first-order chi connectivity index (χ1) is 13.7. The Balaban J connectivity index is 1.27. The maximum atomic E-state index is 13.1. The number of hydrogen-bond acceptors (Lipinski definition) is 4. The maximum Gasteiger partial charge on any atom is 0.264 e. The van der Waals surface area contributed by atoms with Gasteiger partial charge in [0.15, 0.2) is 0 Å². The lowest BCUT2D eigenvalue weighted by Crippen LogP contribution is -2.51. The van der Waals surface area contributed by atoms with Crippen LogP contribution in [0.15, 0.2) is 30.3 Å². The molecule has 0 bridgehead atoms. The van der Waals surface area contributed by atoms with E-state index in [1.165, 1.54) is 12.8 Å².